The second-order valence-corrected chi connectivity index (χ2v) is 7.59. The van der Waals surface area contributed by atoms with Crippen molar-refractivity contribution in [3.63, 3.8) is 0 Å². The van der Waals surface area contributed by atoms with E-state index in [4.69, 9.17) is 0 Å². The molecule has 0 unspecified atom stereocenters. The molecule has 0 bridgehead atoms. The summed E-state index contributed by atoms with van der Waals surface area (Å²) in [6, 6.07) is 4.88. The van der Waals surface area contributed by atoms with Crippen molar-refractivity contribution in [2.75, 3.05) is 11.5 Å². The zero-order valence-electron chi connectivity index (χ0n) is 10.7. The van der Waals surface area contributed by atoms with E-state index in [0.29, 0.717) is 0 Å². The highest BCUT2D eigenvalue weighted by molar-refractivity contribution is 7.92. The van der Waals surface area contributed by atoms with Crippen LogP contribution in [-0.4, -0.2) is 25.7 Å². The van der Waals surface area contributed by atoms with Crippen LogP contribution >= 0.6 is 0 Å². The Kier molecular flexibility index (Phi) is 4.27. The summed E-state index contributed by atoms with van der Waals surface area (Å²) in [6.45, 7) is 5.40. The highest BCUT2D eigenvalue weighted by atomic mass is 32.2. The molecule has 3 nitrogen and oxygen atoms in total. The van der Waals surface area contributed by atoms with Crippen LogP contribution < -0.4 is 0 Å². The van der Waals surface area contributed by atoms with Gasteiger partial charge < -0.3 is 0 Å². The fourth-order valence-corrected chi connectivity index (χ4v) is 3.62. The molecule has 0 saturated carbocycles. The summed E-state index contributed by atoms with van der Waals surface area (Å²) in [5.74, 6) is -1.54. The summed E-state index contributed by atoms with van der Waals surface area (Å²) < 4.78 is 36.3. The number of hydrogen-bond acceptors (Lipinski definition) is 3. The van der Waals surface area contributed by atoms with Gasteiger partial charge in [0, 0.05) is 5.56 Å². The van der Waals surface area contributed by atoms with Crippen molar-refractivity contribution in [3.05, 3.63) is 35.6 Å². The van der Waals surface area contributed by atoms with E-state index < -0.39 is 27.2 Å². The zero-order chi connectivity index (χ0) is 14.0. The van der Waals surface area contributed by atoms with Crippen LogP contribution in [0, 0.1) is 11.2 Å². The van der Waals surface area contributed by atoms with E-state index >= 15 is 0 Å². The molecule has 0 aromatic heterocycles. The molecule has 0 fully saturated rings. The van der Waals surface area contributed by atoms with Crippen LogP contribution in [0.1, 0.15) is 31.1 Å². The first-order valence-electron chi connectivity index (χ1n) is 5.58. The molecule has 100 valence electrons. The molecule has 5 heteroatoms. The summed E-state index contributed by atoms with van der Waals surface area (Å²) in [6.07, 6.45) is 0. The molecule has 0 atom stereocenters. The van der Waals surface area contributed by atoms with Gasteiger partial charge in [-0.1, -0.05) is 20.8 Å². The van der Waals surface area contributed by atoms with E-state index in [2.05, 4.69) is 0 Å². The van der Waals surface area contributed by atoms with Gasteiger partial charge in [0.25, 0.3) is 0 Å². The molecule has 18 heavy (non-hydrogen) atoms. The average Bonchev–Trinajstić information content (AvgIpc) is 2.13. The Bertz CT molecular complexity index is 524. The van der Waals surface area contributed by atoms with Crippen LogP contribution in [0.2, 0.25) is 0 Å². The average molecular weight is 272 g/mol. The molecular weight excluding hydrogens is 255 g/mol. The van der Waals surface area contributed by atoms with Crippen molar-refractivity contribution in [2.45, 2.75) is 20.8 Å². The third kappa shape index (κ3) is 4.96. The molecule has 1 rings (SSSR count). The van der Waals surface area contributed by atoms with E-state index in [1.54, 1.807) is 20.8 Å². The van der Waals surface area contributed by atoms with Gasteiger partial charge in [-0.15, -0.1) is 0 Å². The number of Topliss-reactive ketones (excluding diaryl/α,β-unsaturated/α-hetero) is 1. The molecule has 1 aromatic rings. The van der Waals surface area contributed by atoms with E-state index in [1.165, 1.54) is 12.1 Å². The first kappa shape index (κ1) is 14.8. The molecule has 0 saturated heterocycles. The largest absolute Gasteiger partial charge is 0.293 e. The smallest absolute Gasteiger partial charge is 0.177 e. The molecule has 0 heterocycles. The molecule has 0 aliphatic carbocycles. The monoisotopic (exact) mass is 272 g/mol. The van der Waals surface area contributed by atoms with Crippen molar-refractivity contribution in [3.8, 4) is 0 Å². The highest BCUT2D eigenvalue weighted by Crippen LogP contribution is 2.17. The van der Waals surface area contributed by atoms with Crippen molar-refractivity contribution in [2.24, 2.45) is 5.41 Å². The maximum Gasteiger partial charge on any atom is 0.177 e. The van der Waals surface area contributed by atoms with Crippen LogP contribution in [0.4, 0.5) is 4.39 Å². The summed E-state index contributed by atoms with van der Waals surface area (Å²) in [5, 5.41) is 0. The molecule has 1 aromatic carbocycles. The van der Waals surface area contributed by atoms with Crippen molar-refractivity contribution >= 4 is 15.6 Å². The summed E-state index contributed by atoms with van der Waals surface area (Å²) in [5.41, 5.74) is -0.170. The van der Waals surface area contributed by atoms with Crippen LogP contribution in [0.3, 0.4) is 0 Å². The molecule has 0 amide bonds. The minimum Gasteiger partial charge on any atom is -0.293 e. The number of hydrogen-bond donors (Lipinski definition) is 0. The van der Waals surface area contributed by atoms with Crippen LogP contribution in [-0.2, 0) is 9.84 Å². The maximum atomic E-state index is 12.7. The molecule has 0 spiro atoms. The molecule has 0 radical (unpaired) electrons. The van der Waals surface area contributed by atoms with Gasteiger partial charge in [0.1, 0.15) is 11.6 Å². The highest BCUT2D eigenvalue weighted by Gasteiger charge is 2.24. The van der Waals surface area contributed by atoms with Gasteiger partial charge in [-0.3, -0.25) is 4.79 Å². The third-order valence-electron chi connectivity index (χ3n) is 2.17. The summed E-state index contributed by atoms with van der Waals surface area (Å²) in [4.78, 5) is 11.8. The van der Waals surface area contributed by atoms with E-state index in [-0.39, 0.29) is 16.7 Å². The second kappa shape index (κ2) is 5.18. The van der Waals surface area contributed by atoms with Crippen molar-refractivity contribution in [1.82, 2.24) is 0 Å². The lowest BCUT2D eigenvalue weighted by Gasteiger charge is -2.17. The van der Waals surface area contributed by atoms with Gasteiger partial charge in [-0.2, -0.15) is 0 Å². The topological polar surface area (TPSA) is 51.2 Å². The number of benzene rings is 1. The Hall–Kier alpha value is -1.23. The Balaban J connectivity index is 2.79. The number of halogens is 1. The second-order valence-electron chi connectivity index (χ2n) is 5.52. The molecular formula is C13H17FO3S. The SMILES string of the molecule is CC(C)(C)CS(=O)(=O)CC(=O)c1ccc(F)cc1. The van der Waals surface area contributed by atoms with Gasteiger partial charge in [0.05, 0.1) is 5.75 Å². The lowest BCUT2D eigenvalue weighted by Crippen LogP contribution is -2.26. The fraction of sp³-hybridized carbons (Fsp3) is 0.462. The zero-order valence-corrected chi connectivity index (χ0v) is 11.6. The predicted octanol–water partition coefficient (Wildman–Crippen LogP) is 2.47. The van der Waals surface area contributed by atoms with E-state index in [1.807, 2.05) is 0 Å². The number of carbonyl (C=O) groups excluding carboxylic acids is 1. The summed E-state index contributed by atoms with van der Waals surface area (Å²) in [7, 11) is -3.44. The van der Waals surface area contributed by atoms with Gasteiger partial charge in [0.2, 0.25) is 0 Å². The molecule has 0 aliphatic rings. The Morgan fingerprint density at radius 2 is 1.67 bits per heavy atom. The van der Waals surface area contributed by atoms with Crippen LogP contribution in [0.5, 0.6) is 0 Å². The minimum absolute atomic E-state index is 0.0487. The first-order valence-corrected chi connectivity index (χ1v) is 7.40. The number of ketones is 1. The Morgan fingerprint density at radius 1 is 1.17 bits per heavy atom. The number of rotatable bonds is 4. The first-order chi connectivity index (χ1) is 8.09. The lowest BCUT2D eigenvalue weighted by molar-refractivity contribution is 0.102. The normalized spacial score (nSPS) is 12.4. The van der Waals surface area contributed by atoms with Gasteiger partial charge in [-0.05, 0) is 29.7 Å². The van der Waals surface area contributed by atoms with Crippen molar-refractivity contribution < 1.29 is 17.6 Å². The third-order valence-corrected chi connectivity index (χ3v) is 4.18. The van der Waals surface area contributed by atoms with Gasteiger partial charge in [-0.25, -0.2) is 12.8 Å². The van der Waals surface area contributed by atoms with E-state index in [0.717, 1.165) is 12.1 Å². The minimum atomic E-state index is -3.44. The number of carbonyl (C=O) groups is 1. The van der Waals surface area contributed by atoms with Gasteiger partial charge >= 0.3 is 0 Å². The quantitative estimate of drug-likeness (QED) is 0.791. The van der Waals surface area contributed by atoms with E-state index in [9.17, 15) is 17.6 Å². The van der Waals surface area contributed by atoms with Crippen LogP contribution in [0.15, 0.2) is 24.3 Å². The molecule has 0 N–H and O–H groups in total. The Labute approximate surface area is 107 Å². The lowest BCUT2D eigenvalue weighted by atomic mass is 10.0. The fourth-order valence-electron chi connectivity index (χ4n) is 1.63. The standard InChI is InChI=1S/C13H17FO3S/c1-13(2,3)9-18(16,17)8-12(15)10-4-6-11(14)7-5-10/h4-7H,8-9H2,1-3H3. The summed E-state index contributed by atoms with van der Waals surface area (Å²) >= 11 is 0. The number of sulfone groups is 1. The Morgan fingerprint density at radius 3 is 2.11 bits per heavy atom. The van der Waals surface area contributed by atoms with Gasteiger partial charge in [0.15, 0.2) is 15.6 Å². The van der Waals surface area contributed by atoms with Crippen molar-refractivity contribution in [1.29, 1.82) is 0 Å². The predicted molar refractivity (Wildman–Crippen MR) is 68.8 cm³/mol. The molecule has 0 aliphatic heterocycles. The van der Waals surface area contributed by atoms with Crippen LogP contribution in [0.25, 0.3) is 0 Å². The maximum absolute atomic E-state index is 12.7.